The molecule has 1 N–H and O–H groups in total. The molecular formula is C15H17ClN2O. The molecule has 19 heavy (non-hydrogen) atoms. The van der Waals surface area contributed by atoms with E-state index in [0.717, 1.165) is 12.1 Å². The molecule has 0 fully saturated rings. The third kappa shape index (κ3) is 2.63. The molecule has 0 spiro atoms. The van der Waals surface area contributed by atoms with Gasteiger partial charge in [0.05, 0.1) is 12.7 Å². The van der Waals surface area contributed by atoms with Crippen LogP contribution in [0.5, 0.6) is 0 Å². The summed E-state index contributed by atoms with van der Waals surface area (Å²) in [6.07, 6.45) is 3.87. The third-order valence-corrected chi connectivity index (χ3v) is 3.35. The van der Waals surface area contributed by atoms with Crippen molar-refractivity contribution in [2.75, 3.05) is 13.6 Å². The largest absolute Gasteiger partial charge is 0.367 e. The number of nitrogens with one attached hydrogen (secondary N) is 1. The molecule has 3 rings (SSSR count). The van der Waals surface area contributed by atoms with Gasteiger partial charge >= 0.3 is 0 Å². The van der Waals surface area contributed by atoms with Gasteiger partial charge in [0.15, 0.2) is 0 Å². The van der Waals surface area contributed by atoms with Crippen LogP contribution in [0, 0.1) is 0 Å². The molecule has 0 unspecified atom stereocenters. The van der Waals surface area contributed by atoms with E-state index in [0.29, 0.717) is 6.61 Å². The number of hydrogen-bond donors (Lipinski definition) is 1. The number of ether oxygens (including phenoxy) is 1. The first kappa shape index (κ1) is 14.0. The van der Waals surface area contributed by atoms with Crippen molar-refractivity contribution in [3.63, 3.8) is 0 Å². The number of hydrogen-bond acceptors (Lipinski definition) is 3. The second-order valence-electron chi connectivity index (χ2n) is 4.47. The summed E-state index contributed by atoms with van der Waals surface area (Å²) in [4.78, 5) is 4.19. The Morgan fingerprint density at radius 3 is 2.95 bits per heavy atom. The molecular weight excluding hydrogens is 260 g/mol. The maximum Gasteiger partial charge on any atom is 0.0957 e. The van der Waals surface area contributed by atoms with E-state index in [1.807, 2.05) is 19.3 Å². The number of likely N-dealkylation sites (N-methyl/N-ethyl adjacent to an activating group) is 1. The van der Waals surface area contributed by atoms with E-state index < -0.39 is 0 Å². The van der Waals surface area contributed by atoms with Crippen molar-refractivity contribution in [3.05, 3.63) is 53.9 Å². The van der Waals surface area contributed by atoms with Crippen LogP contribution < -0.4 is 5.32 Å². The Kier molecular flexibility index (Phi) is 4.53. The molecule has 4 heteroatoms. The fraction of sp³-hybridized carbons (Fsp3) is 0.267. The van der Waals surface area contributed by atoms with Gasteiger partial charge in [0, 0.05) is 24.5 Å². The molecule has 1 aliphatic rings. The molecule has 0 radical (unpaired) electrons. The molecule has 2 heterocycles. The monoisotopic (exact) mass is 276 g/mol. The van der Waals surface area contributed by atoms with E-state index in [-0.39, 0.29) is 18.5 Å². The second kappa shape index (κ2) is 6.15. The minimum Gasteiger partial charge on any atom is -0.367 e. The summed E-state index contributed by atoms with van der Waals surface area (Å²) in [5.41, 5.74) is 4.98. The lowest BCUT2D eigenvalue weighted by Gasteiger charge is -2.11. The van der Waals surface area contributed by atoms with Gasteiger partial charge in [0.1, 0.15) is 0 Å². The number of benzene rings is 1. The van der Waals surface area contributed by atoms with Crippen LogP contribution in [0.3, 0.4) is 0 Å². The van der Waals surface area contributed by atoms with Crippen LogP contribution in [0.4, 0.5) is 0 Å². The molecule has 0 amide bonds. The van der Waals surface area contributed by atoms with Crippen LogP contribution in [-0.4, -0.2) is 18.6 Å². The highest BCUT2D eigenvalue weighted by molar-refractivity contribution is 5.85. The molecule has 0 aliphatic carbocycles. The average molecular weight is 277 g/mol. The summed E-state index contributed by atoms with van der Waals surface area (Å²) in [6.45, 7) is 1.54. The average Bonchev–Trinajstić information content (AvgIpc) is 2.84. The fourth-order valence-electron chi connectivity index (χ4n) is 2.49. The summed E-state index contributed by atoms with van der Waals surface area (Å²) in [6, 6.07) is 10.5. The minimum atomic E-state index is 0. The van der Waals surface area contributed by atoms with Gasteiger partial charge in [-0.15, -0.1) is 12.4 Å². The van der Waals surface area contributed by atoms with Crippen molar-refractivity contribution in [3.8, 4) is 11.1 Å². The summed E-state index contributed by atoms with van der Waals surface area (Å²) < 4.78 is 5.84. The van der Waals surface area contributed by atoms with Crippen molar-refractivity contribution < 1.29 is 4.74 Å². The number of halogens is 1. The van der Waals surface area contributed by atoms with Gasteiger partial charge < -0.3 is 10.1 Å². The zero-order valence-corrected chi connectivity index (χ0v) is 11.6. The topological polar surface area (TPSA) is 34.1 Å². The quantitative estimate of drug-likeness (QED) is 0.936. The van der Waals surface area contributed by atoms with Gasteiger partial charge in [-0.3, -0.25) is 4.98 Å². The molecule has 0 saturated carbocycles. The number of fused-ring (bicyclic) bond motifs is 1. The molecule has 1 atom stereocenters. The van der Waals surface area contributed by atoms with Crippen LogP contribution >= 0.6 is 12.4 Å². The summed E-state index contributed by atoms with van der Waals surface area (Å²) in [5.74, 6) is 0. The van der Waals surface area contributed by atoms with E-state index in [1.54, 1.807) is 6.20 Å². The van der Waals surface area contributed by atoms with Gasteiger partial charge in [-0.05, 0) is 29.8 Å². The van der Waals surface area contributed by atoms with Gasteiger partial charge in [0.2, 0.25) is 0 Å². The van der Waals surface area contributed by atoms with Crippen molar-refractivity contribution in [2.45, 2.75) is 12.7 Å². The Balaban J connectivity index is 0.00000133. The number of pyridine rings is 1. The van der Waals surface area contributed by atoms with Crippen LogP contribution in [0.25, 0.3) is 11.1 Å². The predicted octanol–water partition coefficient (Wildman–Crippen LogP) is 2.96. The smallest absolute Gasteiger partial charge is 0.0957 e. The van der Waals surface area contributed by atoms with Crippen molar-refractivity contribution in [1.29, 1.82) is 0 Å². The highest BCUT2D eigenvalue weighted by Gasteiger charge is 2.24. The van der Waals surface area contributed by atoms with Crippen LogP contribution in [0.2, 0.25) is 0 Å². The zero-order chi connectivity index (χ0) is 12.4. The van der Waals surface area contributed by atoms with E-state index in [2.05, 4.69) is 34.6 Å². The first-order valence-electron chi connectivity index (χ1n) is 6.18. The number of aromatic nitrogens is 1. The minimum absolute atomic E-state index is 0. The Bertz CT molecular complexity index is 545. The van der Waals surface area contributed by atoms with Crippen molar-refractivity contribution in [1.82, 2.24) is 10.3 Å². The lowest BCUT2D eigenvalue weighted by Crippen LogP contribution is -2.16. The molecule has 0 saturated heterocycles. The second-order valence-corrected chi connectivity index (χ2v) is 4.47. The van der Waals surface area contributed by atoms with Gasteiger partial charge in [-0.25, -0.2) is 0 Å². The Hall–Kier alpha value is -1.42. The summed E-state index contributed by atoms with van der Waals surface area (Å²) >= 11 is 0. The van der Waals surface area contributed by atoms with Crippen LogP contribution in [0.1, 0.15) is 17.2 Å². The molecule has 3 nitrogen and oxygen atoms in total. The Morgan fingerprint density at radius 1 is 1.32 bits per heavy atom. The Morgan fingerprint density at radius 2 is 2.21 bits per heavy atom. The van der Waals surface area contributed by atoms with Crippen molar-refractivity contribution >= 4 is 12.4 Å². The van der Waals surface area contributed by atoms with E-state index in [1.165, 1.54) is 16.7 Å². The van der Waals surface area contributed by atoms with Gasteiger partial charge in [-0.1, -0.05) is 24.3 Å². The van der Waals surface area contributed by atoms with Crippen LogP contribution in [0.15, 0.2) is 42.7 Å². The summed E-state index contributed by atoms with van der Waals surface area (Å²) in [7, 11) is 1.95. The van der Waals surface area contributed by atoms with E-state index in [9.17, 15) is 0 Å². The van der Waals surface area contributed by atoms with Gasteiger partial charge in [-0.2, -0.15) is 0 Å². The molecule has 1 aromatic heterocycles. The molecule has 1 aromatic carbocycles. The summed E-state index contributed by atoms with van der Waals surface area (Å²) in [5, 5.41) is 3.17. The number of rotatable bonds is 3. The molecule has 0 bridgehead atoms. The maximum absolute atomic E-state index is 5.84. The lowest BCUT2D eigenvalue weighted by molar-refractivity contribution is 0.0675. The van der Waals surface area contributed by atoms with Gasteiger partial charge in [0.25, 0.3) is 0 Å². The zero-order valence-electron chi connectivity index (χ0n) is 10.8. The standard InChI is InChI=1S/C15H16N2O.ClH/c1-16-9-15-13-6-2-5-12(14(13)10-18-15)11-4-3-7-17-8-11;/h2-8,15-16H,9-10H2,1H3;1H/t15-;/m1./s1. The van der Waals surface area contributed by atoms with Crippen molar-refractivity contribution in [2.24, 2.45) is 0 Å². The first-order valence-corrected chi connectivity index (χ1v) is 6.18. The normalized spacial score (nSPS) is 16.8. The lowest BCUT2D eigenvalue weighted by atomic mass is 9.96. The predicted molar refractivity (Wildman–Crippen MR) is 78.4 cm³/mol. The molecule has 100 valence electrons. The molecule has 1 aliphatic heterocycles. The van der Waals surface area contributed by atoms with E-state index >= 15 is 0 Å². The highest BCUT2D eigenvalue weighted by Crippen LogP contribution is 2.36. The first-order chi connectivity index (χ1) is 8.90. The fourth-order valence-corrected chi connectivity index (χ4v) is 2.49. The van der Waals surface area contributed by atoms with E-state index in [4.69, 9.17) is 4.74 Å². The van der Waals surface area contributed by atoms with Crippen LogP contribution in [-0.2, 0) is 11.3 Å². The highest BCUT2D eigenvalue weighted by atomic mass is 35.5. The SMILES string of the molecule is CNC[C@H]1OCc2c(-c3cccnc3)cccc21.Cl. The maximum atomic E-state index is 5.84. The molecule has 2 aromatic rings. The number of nitrogens with zero attached hydrogens (tertiary/aromatic N) is 1. The third-order valence-electron chi connectivity index (χ3n) is 3.35. The Labute approximate surface area is 119 Å².